The third-order valence-electron chi connectivity index (χ3n) is 3.61. The highest BCUT2D eigenvalue weighted by molar-refractivity contribution is 5.61. The molecule has 0 bridgehead atoms. The molecule has 1 aliphatic heterocycles. The summed E-state index contributed by atoms with van der Waals surface area (Å²) in [6.45, 7) is 6.46. The Morgan fingerprint density at radius 1 is 1.45 bits per heavy atom. The monoisotopic (exact) mass is 279 g/mol. The van der Waals surface area contributed by atoms with Gasteiger partial charge in [-0.05, 0) is 18.7 Å². The summed E-state index contributed by atoms with van der Waals surface area (Å²) >= 11 is 0. The summed E-state index contributed by atoms with van der Waals surface area (Å²) in [6, 6.07) is 5.83. The molecule has 1 saturated heterocycles. The van der Waals surface area contributed by atoms with Gasteiger partial charge < -0.3 is 20.1 Å². The largest absolute Gasteiger partial charge is 0.489 e. The molecule has 1 aliphatic rings. The molecule has 20 heavy (non-hydrogen) atoms. The lowest BCUT2D eigenvalue weighted by Crippen LogP contribution is -2.44. The molecule has 2 rings (SSSR count). The van der Waals surface area contributed by atoms with Gasteiger partial charge in [0.1, 0.15) is 18.5 Å². The Labute approximate surface area is 121 Å². The number of rotatable bonds is 5. The molecule has 1 atom stereocenters. The molecular weight excluding hydrogens is 254 g/mol. The minimum Gasteiger partial charge on any atom is -0.489 e. The van der Waals surface area contributed by atoms with Gasteiger partial charge in [-0.15, -0.1) is 0 Å². The Kier molecular flexibility index (Phi) is 5.09. The van der Waals surface area contributed by atoms with Crippen molar-refractivity contribution in [2.45, 2.75) is 13.0 Å². The number of hydrogen-bond acceptors (Lipinski definition) is 5. The van der Waals surface area contributed by atoms with E-state index in [-0.39, 0.29) is 6.10 Å². The molecule has 0 saturated carbocycles. The highest BCUT2D eigenvalue weighted by atomic mass is 16.5. The summed E-state index contributed by atoms with van der Waals surface area (Å²) in [7, 11) is 4.00. The van der Waals surface area contributed by atoms with E-state index in [0.717, 1.165) is 37.7 Å². The fourth-order valence-electron chi connectivity index (χ4n) is 2.28. The van der Waals surface area contributed by atoms with Gasteiger partial charge in [-0.25, -0.2) is 0 Å². The lowest BCUT2D eigenvalue weighted by atomic mass is 10.2. The van der Waals surface area contributed by atoms with Crippen molar-refractivity contribution >= 4 is 11.4 Å². The molecule has 0 spiro atoms. The van der Waals surface area contributed by atoms with Crippen molar-refractivity contribution in [1.82, 2.24) is 4.90 Å². The average Bonchev–Trinajstić information content (AvgIpc) is 2.46. The van der Waals surface area contributed by atoms with Crippen LogP contribution >= 0.6 is 0 Å². The quantitative estimate of drug-likeness (QED) is 0.827. The molecule has 0 aliphatic carbocycles. The maximum Gasteiger partial charge on any atom is 0.144 e. The summed E-state index contributed by atoms with van der Waals surface area (Å²) in [5, 5.41) is 0. The molecule has 1 aromatic rings. The van der Waals surface area contributed by atoms with Crippen LogP contribution in [0, 0.1) is 0 Å². The zero-order valence-electron chi connectivity index (χ0n) is 12.6. The second-order valence-corrected chi connectivity index (χ2v) is 5.31. The van der Waals surface area contributed by atoms with E-state index in [9.17, 15) is 0 Å². The van der Waals surface area contributed by atoms with Crippen LogP contribution in [0.4, 0.5) is 11.4 Å². The third kappa shape index (κ3) is 3.77. The minimum atomic E-state index is 0.117. The van der Waals surface area contributed by atoms with Crippen molar-refractivity contribution in [3.8, 4) is 5.75 Å². The van der Waals surface area contributed by atoms with E-state index in [4.69, 9.17) is 15.2 Å². The maximum atomic E-state index is 5.96. The Balaban J connectivity index is 1.94. The van der Waals surface area contributed by atoms with E-state index in [1.54, 1.807) is 0 Å². The van der Waals surface area contributed by atoms with Crippen LogP contribution in [0.15, 0.2) is 18.2 Å². The topological polar surface area (TPSA) is 51.0 Å². The van der Waals surface area contributed by atoms with Crippen LogP contribution in [-0.2, 0) is 4.74 Å². The van der Waals surface area contributed by atoms with Gasteiger partial charge in [0.05, 0.1) is 12.3 Å². The first kappa shape index (κ1) is 14.9. The van der Waals surface area contributed by atoms with Crippen LogP contribution in [0.25, 0.3) is 0 Å². The van der Waals surface area contributed by atoms with Crippen LogP contribution in [0.5, 0.6) is 5.75 Å². The number of nitrogen functional groups attached to an aromatic ring is 1. The summed E-state index contributed by atoms with van der Waals surface area (Å²) in [6.07, 6.45) is 0.117. The van der Waals surface area contributed by atoms with Crippen molar-refractivity contribution in [3.63, 3.8) is 0 Å². The van der Waals surface area contributed by atoms with E-state index in [1.165, 1.54) is 0 Å². The molecule has 1 unspecified atom stereocenters. The summed E-state index contributed by atoms with van der Waals surface area (Å²) in [4.78, 5) is 4.40. The van der Waals surface area contributed by atoms with E-state index in [1.807, 2.05) is 37.2 Å². The summed E-state index contributed by atoms with van der Waals surface area (Å²) < 4.78 is 11.6. The Bertz CT molecular complexity index is 437. The van der Waals surface area contributed by atoms with Crippen molar-refractivity contribution in [2.24, 2.45) is 0 Å². The third-order valence-corrected chi connectivity index (χ3v) is 3.61. The molecule has 2 N–H and O–H groups in total. The Hall–Kier alpha value is -1.46. The van der Waals surface area contributed by atoms with Gasteiger partial charge in [0.15, 0.2) is 0 Å². The molecule has 5 nitrogen and oxygen atoms in total. The van der Waals surface area contributed by atoms with Gasteiger partial charge in [-0.3, -0.25) is 4.90 Å². The first-order valence-electron chi connectivity index (χ1n) is 7.13. The number of morpholine rings is 1. The highest BCUT2D eigenvalue weighted by Gasteiger charge is 2.20. The van der Waals surface area contributed by atoms with E-state index in [0.29, 0.717) is 12.3 Å². The average molecular weight is 279 g/mol. The second kappa shape index (κ2) is 6.81. The van der Waals surface area contributed by atoms with Crippen molar-refractivity contribution in [1.29, 1.82) is 0 Å². The van der Waals surface area contributed by atoms with Gasteiger partial charge in [0.2, 0.25) is 0 Å². The SMILES string of the molecule is CCN1CCOC(COc2cc(N(C)C)ccc2N)C1. The Morgan fingerprint density at radius 3 is 2.95 bits per heavy atom. The smallest absolute Gasteiger partial charge is 0.144 e. The summed E-state index contributed by atoms with van der Waals surface area (Å²) in [5.74, 6) is 0.730. The lowest BCUT2D eigenvalue weighted by molar-refractivity contribution is -0.0462. The number of nitrogens with zero attached hydrogens (tertiary/aromatic N) is 2. The predicted molar refractivity (Wildman–Crippen MR) is 82.5 cm³/mol. The van der Waals surface area contributed by atoms with Crippen LogP contribution in [0.2, 0.25) is 0 Å². The molecular formula is C15H25N3O2. The Morgan fingerprint density at radius 2 is 2.25 bits per heavy atom. The van der Waals surface area contributed by atoms with Crippen molar-refractivity contribution in [3.05, 3.63) is 18.2 Å². The zero-order chi connectivity index (χ0) is 14.5. The van der Waals surface area contributed by atoms with Crippen LogP contribution in [0.1, 0.15) is 6.92 Å². The fraction of sp³-hybridized carbons (Fsp3) is 0.600. The van der Waals surface area contributed by atoms with Crippen molar-refractivity contribution in [2.75, 3.05) is 57.6 Å². The molecule has 112 valence electrons. The number of benzene rings is 1. The molecule has 1 heterocycles. The molecule has 1 aromatic carbocycles. The van der Waals surface area contributed by atoms with Gasteiger partial charge in [0, 0.05) is 38.9 Å². The number of anilines is 2. The van der Waals surface area contributed by atoms with Gasteiger partial charge in [-0.1, -0.05) is 6.92 Å². The van der Waals surface area contributed by atoms with Crippen molar-refractivity contribution < 1.29 is 9.47 Å². The number of hydrogen-bond donors (Lipinski definition) is 1. The molecule has 0 aromatic heterocycles. The first-order valence-corrected chi connectivity index (χ1v) is 7.13. The van der Waals surface area contributed by atoms with E-state index in [2.05, 4.69) is 11.8 Å². The van der Waals surface area contributed by atoms with Crippen LogP contribution in [-0.4, -0.2) is 57.9 Å². The first-order chi connectivity index (χ1) is 9.60. The second-order valence-electron chi connectivity index (χ2n) is 5.31. The van der Waals surface area contributed by atoms with Crippen LogP contribution in [0.3, 0.4) is 0 Å². The molecule has 5 heteroatoms. The predicted octanol–water partition coefficient (Wildman–Crippen LogP) is 1.43. The maximum absolute atomic E-state index is 5.96. The normalized spacial score (nSPS) is 19.9. The number of nitrogens with two attached hydrogens (primary N) is 1. The zero-order valence-corrected chi connectivity index (χ0v) is 12.6. The van der Waals surface area contributed by atoms with Gasteiger partial charge >= 0.3 is 0 Å². The number of likely N-dealkylation sites (N-methyl/N-ethyl adjacent to an activating group) is 1. The minimum absolute atomic E-state index is 0.117. The van der Waals surface area contributed by atoms with Gasteiger partial charge in [-0.2, -0.15) is 0 Å². The fourth-order valence-corrected chi connectivity index (χ4v) is 2.28. The van der Waals surface area contributed by atoms with Gasteiger partial charge in [0.25, 0.3) is 0 Å². The molecule has 0 radical (unpaired) electrons. The van der Waals surface area contributed by atoms with E-state index < -0.39 is 0 Å². The number of ether oxygens (including phenoxy) is 2. The van der Waals surface area contributed by atoms with E-state index >= 15 is 0 Å². The van der Waals surface area contributed by atoms with Crippen LogP contribution < -0.4 is 15.4 Å². The highest BCUT2D eigenvalue weighted by Crippen LogP contribution is 2.27. The standard InChI is InChI=1S/C15H25N3O2/c1-4-18-7-8-19-13(10-18)11-20-15-9-12(17(2)3)5-6-14(15)16/h5-6,9,13H,4,7-8,10-11,16H2,1-3H3. The lowest BCUT2D eigenvalue weighted by Gasteiger charge is -2.32. The molecule has 1 fully saturated rings. The summed E-state index contributed by atoms with van der Waals surface area (Å²) in [5.41, 5.74) is 7.71. The molecule has 0 amide bonds.